The highest BCUT2D eigenvalue weighted by atomic mass is 16.6. The Morgan fingerprint density at radius 1 is 1.16 bits per heavy atom. The first-order valence-electron chi connectivity index (χ1n) is 8.01. The van der Waals surface area contributed by atoms with Crippen molar-refractivity contribution in [2.45, 2.75) is 45.8 Å². The number of nitrogens with one attached hydrogen (secondary N) is 1. The first-order valence-corrected chi connectivity index (χ1v) is 8.01. The number of urea groups is 1. The van der Waals surface area contributed by atoms with Crippen LogP contribution in [0.1, 0.15) is 34.6 Å². The smallest absolute Gasteiger partial charge is 0.418 e. The minimum absolute atomic E-state index is 0.360. The number of hydrogen-bond donors (Lipinski definition) is 1. The van der Waals surface area contributed by atoms with Gasteiger partial charge in [-0.05, 0) is 52.8 Å². The molecule has 1 aliphatic rings. The molecule has 1 N–H and O–H groups in total. The number of amides is 3. The monoisotopic (exact) mass is 343 g/mol. The first-order chi connectivity index (χ1) is 11.5. The molecule has 0 bridgehead atoms. The summed E-state index contributed by atoms with van der Waals surface area (Å²) >= 11 is 0. The van der Waals surface area contributed by atoms with E-state index in [1.807, 2.05) is 0 Å². The average Bonchev–Trinajstić information content (AvgIpc) is 2.97. The number of fused-ring (bicyclic) bond motifs is 1. The maximum absolute atomic E-state index is 12.4. The molecule has 3 amide bonds. The van der Waals surface area contributed by atoms with Gasteiger partial charge in [-0.1, -0.05) is 6.07 Å². The van der Waals surface area contributed by atoms with Crippen LogP contribution in [0.25, 0.3) is 10.9 Å². The van der Waals surface area contributed by atoms with Crippen LogP contribution in [0.15, 0.2) is 30.5 Å². The van der Waals surface area contributed by atoms with E-state index in [9.17, 15) is 14.4 Å². The summed E-state index contributed by atoms with van der Waals surface area (Å²) in [6.45, 7) is 8.74. The van der Waals surface area contributed by atoms with E-state index in [2.05, 4.69) is 5.32 Å². The van der Waals surface area contributed by atoms with Crippen LogP contribution in [-0.4, -0.2) is 33.7 Å². The molecule has 1 aliphatic heterocycles. The minimum Gasteiger partial charge on any atom is -0.443 e. The largest absolute Gasteiger partial charge is 0.443 e. The second-order valence-corrected chi connectivity index (χ2v) is 7.53. The number of anilines is 1. The highest BCUT2D eigenvalue weighted by Crippen LogP contribution is 2.35. The van der Waals surface area contributed by atoms with Gasteiger partial charge in [0.25, 0.3) is 5.91 Å². The Morgan fingerprint density at radius 2 is 1.84 bits per heavy atom. The summed E-state index contributed by atoms with van der Waals surface area (Å²) in [4.78, 5) is 38.1. The van der Waals surface area contributed by atoms with Crippen molar-refractivity contribution in [2.75, 3.05) is 4.90 Å². The van der Waals surface area contributed by atoms with Crippen LogP contribution in [0.4, 0.5) is 15.3 Å². The average molecular weight is 343 g/mol. The number of ether oxygens (including phenoxy) is 1. The summed E-state index contributed by atoms with van der Waals surface area (Å²) in [6.07, 6.45) is 1.10. The Balaban J connectivity index is 2.10. The highest BCUT2D eigenvalue weighted by molar-refractivity contribution is 6.19. The van der Waals surface area contributed by atoms with Crippen LogP contribution in [0.5, 0.6) is 0 Å². The highest BCUT2D eigenvalue weighted by Gasteiger charge is 2.47. The Labute approximate surface area is 145 Å². The van der Waals surface area contributed by atoms with Gasteiger partial charge in [0.05, 0.1) is 11.2 Å². The second-order valence-electron chi connectivity index (χ2n) is 7.53. The maximum Gasteiger partial charge on any atom is 0.418 e. The van der Waals surface area contributed by atoms with Crippen molar-refractivity contribution in [3.05, 3.63) is 30.5 Å². The van der Waals surface area contributed by atoms with E-state index in [0.717, 1.165) is 0 Å². The van der Waals surface area contributed by atoms with Crippen LogP contribution >= 0.6 is 0 Å². The maximum atomic E-state index is 12.4. The van der Waals surface area contributed by atoms with Crippen LogP contribution in [0, 0.1) is 0 Å². The molecule has 0 radical (unpaired) electrons. The SMILES string of the molecule is CC(C)(C)OC(=O)n1ccc2c(N3C(=O)NC(=O)C3(C)C)cccc21. The molecule has 1 fully saturated rings. The van der Waals surface area contributed by atoms with Crippen LogP contribution in [-0.2, 0) is 9.53 Å². The molecule has 3 rings (SSSR count). The van der Waals surface area contributed by atoms with E-state index in [0.29, 0.717) is 16.6 Å². The fourth-order valence-corrected chi connectivity index (χ4v) is 2.89. The lowest BCUT2D eigenvalue weighted by Crippen LogP contribution is -2.44. The van der Waals surface area contributed by atoms with Crippen molar-refractivity contribution < 1.29 is 19.1 Å². The molecule has 2 heterocycles. The molecule has 0 spiro atoms. The zero-order valence-corrected chi connectivity index (χ0v) is 14.9. The minimum atomic E-state index is -1.01. The lowest BCUT2D eigenvalue weighted by Gasteiger charge is -2.28. The first kappa shape index (κ1) is 17.0. The number of aromatic nitrogens is 1. The van der Waals surface area contributed by atoms with E-state index in [-0.39, 0.29) is 5.91 Å². The summed E-state index contributed by atoms with van der Waals surface area (Å²) in [7, 11) is 0. The Kier molecular flexibility index (Phi) is 3.63. The van der Waals surface area contributed by atoms with Gasteiger partial charge in [0.2, 0.25) is 0 Å². The van der Waals surface area contributed by atoms with Gasteiger partial charge in [-0.3, -0.25) is 19.6 Å². The van der Waals surface area contributed by atoms with E-state index in [1.165, 1.54) is 9.47 Å². The summed E-state index contributed by atoms with van der Waals surface area (Å²) in [6, 6.07) is 6.52. The summed E-state index contributed by atoms with van der Waals surface area (Å²) in [5, 5.41) is 3.02. The molecule has 132 valence electrons. The number of nitrogens with zero attached hydrogens (tertiary/aromatic N) is 2. The van der Waals surface area contributed by atoms with Crippen molar-refractivity contribution in [1.82, 2.24) is 9.88 Å². The molecule has 25 heavy (non-hydrogen) atoms. The molecule has 7 heteroatoms. The van der Waals surface area contributed by atoms with Gasteiger partial charge in [-0.25, -0.2) is 9.59 Å². The topological polar surface area (TPSA) is 80.6 Å². The Hall–Kier alpha value is -2.83. The summed E-state index contributed by atoms with van der Waals surface area (Å²) < 4.78 is 6.81. The third-order valence-electron chi connectivity index (χ3n) is 4.08. The number of rotatable bonds is 1. The van der Waals surface area contributed by atoms with Crippen molar-refractivity contribution >= 4 is 34.6 Å². The van der Waals surface area contributed by atoms with Gasteiger partial charge in [0, 0.05) is 11.6 Å². The molecule has 0 saturated carbocycles. The quantitative estimate of drug-likeness (QED) is 0.806. The fourth-order valence-electron chi connectivity index (χ4n) is 2.89. The fraction of sp³-hybridized carbons (Fsp3) is 0.389. The van der Waals surface area contributed by atoms with Gasteiger partial charge < -0.3 is 4.74 Å². The molecular formula is C18H21N3O4. The van der Waals surface area contributed by atoms with Crippen LogP contribution < -0.4 is 10.2 Å². The van der Waals surface area contributed by atoms with Crippen LogP contribution in [0.2, 0.25) is 0 Å². The Bertz CT molecular complexity index is 889. The molecule has 1 saturated heterocycles. The van der Waals surface area contributed by atoms with E-state index in [4.69, 9.17) is 4.74 Å². The predicted molar refractivity (Wildman–Crippen MR) is 93.7 cm³/mol. The summed E-state index contributed by atoms with van der Waals surface area (Å²) in [5.41, 5.74) is -0.462. The van der Waals surface area contributed by atoms with Gasteiger partial charge in [0.1, 0.15) is 11.1 Å². The van der Waals surface area contributed by atoms with Crippen LogP contribution in [0.3, 0.4) is 0 Å². The zero-order valence-electron chi connectivity index (χ0n) is 14.9. The molecule has 7 nitrogen and oxygen atoms in total. The predicted octanol–water partition coefficient (Wildman–Crippen LogP) is 3.26. The van der Waals surface area contributed by atoms with E-state index < -0.39 is 23.3 Å². The van der Waals surface area contributed by atoms with Crippen molar-refractivity contribution in [3.8, 4) is 0 Å². The number of benzene rings is 1. The third-order valence-corrected chi connectivity index (χ3v) is 4.08. The standard InChI is InChI=1S/C18H21N3O4/c1-17(2,3)25-16(24)20-10-9-11-12(20)7-6-8-13(11)21-15(23)19-14(22)18(21,4)5/h6-10H,1-5H3,(H,19,22,23). The molecule has 0 atom stereocenters. The van der Waals surface area contributed by atoms with Crippen molar-refractivity contribution in [3.63, 3.8) is 0 Å². The Morgan fingerprint density at radius 3 is 2.40 bits per heavy atom. The van der Waals surface area contributed by atoms with Crippen molar-refractivity contribution in [2.24, 2.45) is 0 Å². The lowest BCUT2D eigenvalue weighted by molar-refractivity contribution is -0.122. The van der Waals surface area contributed by atoms with E-state index >= 15 is 0 Å². The number of hydrogen-bond acceptors (Lipinski definition) is 4. The molecule has 2 aromatic rings. The molecular weight excluding hydrogens is 322 g/mol. The van der Waals surface area contributed by atoms with Gasteiger partial charge in [0.15, 0.2) is 0 Å². The second kappa shape index (κ2) is 5.34. The molecule has 0 aliphatic carbocycles. The molecule has 0 unspecified atom stereocenters. The van der Waals surface area contributed by atoms with Crippen molar-refractivity contribution in [1.29, 1.82) is 0 Å². The van der Waals surface area contributed by atoms with E-state index in [1.54, 1.807) is 65.1 Å². The van der Waals surface area contributed by atoms with Gasteiger partial charge in [-0.15, -0.1) is 0 Å². The normalized spacial score (nSPS) is 17.1. The third kappa shape index (κ3) is 2.75. The van der Waals surface area contributed by atoms with Gasteiger partial charge in [-0.2, -0.15) is 0 Å². The van der Waals surface area contributed by atoms with Gasteiger partial charge >= 0.3 is 12.1 Å². The lowest BCUT2D eigenvalue weighted by atomic mass is 10.0. The molecule has 1 aromatic carbocycles. The number of carbonyl (C=O) groups is 3. The summed E-state index contributed by atoms with van der Waals surface area (Å²) in [5.74, 6) is -0.360. The number of carbonyl (C=O) groups excluding carboxylic acids is 3. The molecule has 1 aromatic heterocycles. The zero-order chi connectivity index (χ0) is 18.6. The number of imide groups is 1.